The molecule has 1 aromatic rings. The maximum atomic E-state index is 12.5. The van der Waals surface area contributed by atoms with E-state index < -0.39 is 34.5 Å². The monoisotopic (exact) mass is 334 g/mol. The molecule has 9 heteroatoms. The largest absolute Gasteiger partial charge is 0.480 e. The van der Waals surface area contributed by atoms with E-state index in [1.807, 2.05) is 0 Å². The van der Waals surface area contributed by atoms with Crippen molar-refractivity contribution in [1.29, 1.82) is 0 Å². The van der Waals surface area contributed by atoms with E-state index in [0.29, 0.717) is 0 Å². The van der Waals surface area contributed by atoms with Crippen molar-refractivity contribution in [3.8, 4) is 0 Å². The van der Waals surface area contributed by atoms with Gasteiger partial charge in [-0.3, -0.25) is 9.59 Å². The van der Waals surface area contributed by atoms with Gasteiger partial charge in [-0.15, -0.1) is 0 Å². The minimum Gasteiger partial charge on any atom is -0.480 e. The molecule has 0 bridgehead atoms. The van der Waals surface area contributed by atoms with Crippen LogP contribution in [0.4, 0.5) is 0 Å². The first-order chi connectivity index (χ1) is 9.55. The van der Waals surface area contributed by atoms with Gasteiger partial charge in [0.25, 0.3) is 0 Å². The molecule has 0 saturated heterocycles. The summed E-state index contributed by atoms with van der Waals surface area (Å²) >= 11 is 5.78. The van der Waals surface area contributed by atoms with Gasteiger partial charge in [0.2, 0.25) is 15.9 Å². The van der Waals surface area contributed by atoms with Gasteiger partial charge in [-0.2, -0.15) is 4.31 Å². The summed E-state index contributed by atoms with van der Waals surface area (Å²) in [5.41, 5.74) is 5.04. The zero-order valence-corrected chi connectivity index (χ0v) is 13.0. The second-order valence-corrected chi connectivity index (χ2v) is 6.90. The van der Waals surface area contributed by atoms with E-state index in [2.05, 4.69) is 0 Å². The van der Waals surface area contributed by atoms with Crippen LogP contribution in [0.1, 0.15) is 24.2 Å². The Morgan fingerprint density at radius 1 is 1.33 bits per heavy atom. The number of rotatable bonds is 6. The predicted octanol–water partition coefficient (Wildman–Crippen LogP) is 0.923. The number of carboxylic acids is 1. The highest BCUT2D eigenvalue weighted by Gasteiger charge is 2.29. The fourth-order valence-corrected chi connectivity index (χ4v) is 3.63. The second kappa shape index (κ2) is 6.42. The van der Waals surface area contributed by atoms with Gasteiger partial charge in [0, 0.05) is 16.6 Å². The van der Waals surface area contributed by atoms with Gasteiger partial charge in [-0.05, 0) is 32.0 Å². The standard InChI is InChI=1S/C12H15ClN2O5S/c1-7(2)15(6-11(16)17)21(19,20)10-4-8(12(14)18)3-9(13)5-10/h3-5,7H,6H2,1-2H3,(H2,14,18)(H,16,17). The number of carbonyl (C=O) groups excluding carboxylic acids is 1. The molecule has 0 aliphatic rings. The van der Waals surface area contributed by atoms with Gasteiger partial charge in [-0.1, -0.05) is 11.6 Å². The summed E-state index contributed by atoms with van der Waals surface area (Å²) in [5, 5.41) is 8.85. The molecular weight excluding hydrogens is 320 g/mol. The van der Waals surface area contributed by atoms with Gasteiger partial charge in [0.05, 0.1) is 4.90 Å². The summed E-state index contributed by atoms with van der Waals surface area (Å²) < 4.78 is 25.8. The number of hydrogen-bond acceptors (Lipinski definition) is 4. The molecule has 0 atom stereocenters. The Labute approximate surface area is 127 Å². The van der Waals surface area contributed by atoms with Crippen molar-refractivity contribution in [2.24, 2.45) is 5.73 Å². The SMILES string of the molecule is CC(C)N(CC(=O)O)S(=O)(=O)c1cc(Cl)cc(C(N)=O)c1. The highest BCUT2D eigenvalue weighted by atomic mass is 35.5. The number of nitrogens with two attached hydrogens (primary N) is 1. The number of carboxylic acid groups (broad SMARTS) is 1. The zero-order valence-electron chi connectivity index (χ0n) is 11.4. The van der Waals surface area contributed by atoms with Crippen LogP contribution in [0.15, 0.2) is 23.1 Å². The van der Waals surface area contributed by atoms with Crippen LogP contribution in [0.5, 0.6) is 0 Å². The highest BCUT2D eigenvalue weighted by Crippen LogP contribution is 2.23. The molecule has 0 radical (unpaired) electrons. The Balaban J connectivity index is 3.40. The van der Waals surface area contributed by atoms with Crippen molar-refractivity contribution in [3.05, 3.63) is 28.8 Å². The van der Waals surface area contributed by atoms with Crippen molar-refractivity contribution in [3.63, 3.8) is 0 Å². The lowest BCUT2D eigenvalue weighted by atomic mass is 10.2. The molecule has 116 valence electrons. The predicted molar refractivity (Wildman–Crippen MR) is 76.6 cm³/mol. The summed E-state index contributed by atoms with van der Waals surface area (Å²) in [6, 6.07) is 2.86. The molecule has 0 aromatic heterocycles. The van der Waals surface area contributed by atoms with Crippen molar-refractivity contribution < 1.29 is 23.1 Å². The smallest absolute Gasteiger partial charge is 0.318 e. The van der Waals surface area contributed by atoms with Crippen LogP contribution in [0.3, 0.4) is 0 Å². The number of sulfonamides is 1. The van der Waals surface area contributed by atoms with E-state index in [1.165, 1.54) is 6.07 Å². The van der Waals surface area contributed by atoms with Crippen molar-refractivity contribution in [2.45, 2.75) is 24.8 Å². The molecule has 21 heavy (non-hydrogen) atoms. The molecule has 1 aromatic carbocycles. The van der Waals surface area contributed by atoms with Gasteiger partial charge in [0.15, 0.2) is 0 Å². The minimum atomic E-state index is -4.11. The molecule has 0 unspecified atom stereocenters. The highest BCUT2D eigenvalue weighted by molar-refractivity contribution is 7.89. The Morgan fingerprint density at radius 3 is 2.33 bits per heavy atom. The van der Waals surface area contributed by atoms with E-state index in [1.54, 1.807) is 13.8 Å². The normalized spacial score (nSPS) is 11.9. The van der Waals surface area contributed by atoms with Crippen LogP contribution >= 0.6 is 11.6 Å². The number of primary amides is 1. The average Bonchev–Trinajstić information content (AvgIpc) is 2.34. The van der Waals surface area contributed by atoms with E-state index >= 15 is 0 Å². The molecule has 0 aliphatic heterocycles. The molecule has 0 aliphatic carbocycles. The summed E-state index contributed by atoms with van der Waals surface area (Å²) in [7, 11) is -4.11. The first-order valence-electron chi connectivity index (χ1n) is 5.89. The third-order valence-corrected chi connectivity index (χ3v) is 4.85. The van der Waals surface area contributed by atoms with Gasteiger partial charge >= 0.3 is 5.97 Å². The van der Waals surface area contributed by atoms with Gasteiger partial charge in [-0.25, -0.2) is 8.42 Å². The Kier molecular flexibility index (Phi) is 5.32. The molecule has 0 saturated carbocycles. The van der Waals surface area contributed by atoms with Crippen LogP contribution in [-0.2, 0) is 14.8 Å². The number of nitrogens with zero attached hydrogens (tertiary/aromatic N) is 1. The van der Waals surface area contributed by atoms with E-state index in [4.69, 9.17) is 22.4 Å². The average molecular weight is 335 g/mol. The van der Waals surface area contributed by atoms with E-state index in [-0.39, 0.29) is 15.5 Å². The molecule has 0 fully saturated rings. The summed E-state index contributed by atoms with van der Waals surface area (Å²) in [5.74, 6) is -2.12. The number of hydrogen-bond donors (Lipinski definition) is 2. The summed E-state index contributed by atoms with van der Waals surface area (Å²) in [6.07, 6.45) is 0. The van der Waals surface area contributed by atoms with Crippen molar-refractivity contribution in [1.82, 2.24) is 4.31 Å². The van der Waals surface area contributed by atoms with Crippen LogP contribution in [0, 0.1) is 0 Å². The quantitative estimate of drug-likeness (QED) is 0.802. The Morgan fingerprint density at radius 2 is 1.90 bits per heavy atom. The van der Waals surface area contributed by atoms with Crippen LogP contribution in [0.2, 0.25) is 5.02 Å². The minimum absolute atomic E-state index is 0.0175. The Bertz CT molecular complexity index is 672. The van der Waals surface area contributed by atoms with Crippen LogP contribution < -0.4 is 5.73 Å². The number of aliphatic carboxylic acids is 1. The number of benzene rings is 1. The fourth-order valence-electron chi connectivity index (χ4n) is 1.67. The number of carbonyl (C=O) groups is 2. The molecule has 3 N–H and O–H groups in total. The van der Waals surface area contributed by atoms with Gasteiger partial charge < -0.3 is 10.8 Å². The van der Waals surface area contributed by atoms with Crippen molar-refractivity contribution >= 4 is 33.5 Å². The van der Waals surface area contributed by atoms with E-state index in [0.717, 1.165) is 16.4 Å². The van der Waals surface area contributed by atoms with Crippen LogP contribution in [-0.4, -0.2) is 42.3 Å². The van der Waals surface area contributed by atoms with Crippen LogP contribution in [0.25, 0.3) is 0 Å². The lowest BCUT2D eigenvalue weighted by Crippen LogP contribution is -2.40. The van der Waals surface area contributed by atoms with E-state index in [9.17, 15) is 18.0 Å². The lowest BCUT2D eigenvalue weighted by molar-refractivity contribution is -0.137. The molecular formula is C12H15ClN2O5S. The zero-order chi connectivity index (χ0) is 16.4. The summed E-state index contributed by atoms with van der Waals surface area (Å²) in [6.45, 7) is 2.39. The van der Waals surface area contributed by atoms with Crippen molar-refractivity contribution in [2.75, 3.05) is 6.54 Å². The maximum absolute atomic E-state index is 12.5. The topological polar surface area (TPSA) is 118 Å². The number of halogens is 1. The van der Waals surface area contributed by atoms with Gasteiger partial charge in [0.1, 0.15) is 6.54 Å². The molecule has 1 rings (SSSR count). The molecule has 0 heterocycles. The molecule has 1 amide bonds. The number of amides is 1. The maximum Gasteiger partial charge on any atom is 0.318 e. The third kappa shape index (κ3) is 4.16. The summed E-state index contributed by atoms with van der Waals surface area (Å²) in [4.78, 5) is 21.7. The first-order valence-corrected chi connectivity index (χ1v) is 7.71. The Hall–Kier alpha value is -1.64. The second-order valence-electron chi connectivity index (χ2n) is 4.58. The lowest BCUT2D eigenvalue weighted by Gasteiger charge is -2.24. The first kappa shape index (κ1) is 17.4. The third-order valence-electron chi connectivity index (χ3n) is 2.63. The molecule has 7 nitrogen and oxygen atoms in total. The fraction of sp³-hybridized carbons (Fsp3) is 0.333. The molecule has 0 spiro atoms.